The molecule has 130 valence electrons. The molecule has 0 aliphatic carbocycles. The van der Waals surface area contributed by atoms with Gasteiger partial charge in [-0.1, -0.05) is 23.7 Å². The van der Waals surface area contributed by atoms with E-state index in [0.717, 1.165) is 60.6 Å². The van der Waals surface area contributed by atoms with E-state index in [4.69, 9.17) is 11.6 Å². The van der Waals surface area contributed by atoms with Gasteiger partial charge in [-0.3, -0.25) is 4.99 Å². The molecule has 2 rings (SSSR count). The second-order valence-electron chi connectivity index (χ2n) is 5.53. The third-order valence-electron chi connectivity index (χ3n) is 3.49. The summed E-state index contributed by atoms with van der Waals surface area (Å²) in [6, 6.07) is 8.02. The molecule has 0 aliphatic rings. The van der Waals surface area contributed by atoms with E-state index in [1.807, 2.05) is 19.1 Å². The van der Waals surface area contributed by atoms with Gasteiger partial charge in [-0.2, -0.15) is 0 Å². The van der Waals surface area contributed by atoms with E-state index in [2.05, 4.69) is 45.0 Å². The number of nitrogens with zero attached hydrogens (tertiary/aromatic N) is 2. The van der Waals surface area contributed by atoms with Gasteiger partial charge in [0.1, 0.15) is 0 Å². The van der Waals surface area contributed by atoms with Crippen molar-refractivity contribution in [1.82, 2.24) is 15.6 Å². The summed E-state index contributed by atoms with van der Waals surface area (Å²) in [5, 5.41) is 10.7. The summed E-state index contributed by atoms with van der Waals surface area (Å²) in [7, 11) is 0. The number of aryl methyl sites for hydroxylation is 2. The van der Waals surface area contributed by atoms with Crippen LogP contribution in [0.25, 0.3) is 0 Å². The van der Waals surface area contributed by atoms with Crippen molar-refractivity contribution in [2.45, 2.75) is 33.1 Å². The van der Waals surface area contributed by atoms with E-state index >= 15 is 0 Å². The maximum atomic E-state index is 5.90. The molecule has 0 unspecified atom stereocenters. The molecule has 6 heteroatoms. The SMILES string of the molecule is CCNC(=NCCCc1ccc(Cl)cc1)NCCc1csc(C)n1. The lowest BCUT2D eigenvalue weighted by Gasteiger charge is -2.10. The van der Waals surface area contributed by atoms with Crippen LogP contribution in [0.15, 0.2) is 34.6 Å². The third-order valence-corrected chi connectivity index (χ3v) is 4.57. The van der Waals surface area contributed by atoms with E-state index in [0.29, 0.717) is 0 Å². The van der Waals surface area contributed by atoms with Gasteiger partial charge in [0.05, 0.1) is 10.7 Å². The third kappa shape index (κ3) is 6.89. The highest BCUT2D eigenvalue weighted by Gasteiger charge is 2.00. The summed E-state index contributed by atoms with van der Waals surface area (Å²) in [5.41, 5.74) is 2.44. The number of thiazole rings is 1. The lowest BCUT2D eigenvalue weighted by atomic mass is 10.1. The number of hydrogen-bond acceptors (Lipinski definition) is 3. The lowest BCUT2D eigenvalue weighted by molar-refractivity contribution is 0.771. The molecule has 0 saturated heterocycles. The smallest absolute Gasteiger partial charge is 0.191 e. The van der Waals surface area contributed by atoms with Crippen LogP contribution in [0, 0.1) is 6.92 Å². The number of rotatable bonds is 8. The Bertz CT molecular complexity index is 637. The Balaban J connectivity index is 1.72. The summed E-state index contributed by atoms with van der Waals surface area (Å²) in [4.78, 5) is 9.11. The minimum Gasteiger partial charge on any atom is -0.357 e. The molecule has 0 spiro atoms. The van der Waals surface area contributed by atoms with Crippen molar-refractivity contribution in [2.24, 2.45) is 4.99 Å². The molecule has 0 radical (unpaired) electrons. The molecule has 1 aromatic heterocycles. The fraction of sp³-hybridized carbons (Fsp3) is 0.444. The highest BCUT2D eigenvalue weighted by atomic mass is 35.5. The van der Waals surface area contributed by atoms with Gasteiger partial charge >= 0.3 is 0 Å². The van der Waals surface area contributed by atoms with E-state index < -0.39 is 0 Å². The average Bonchev–Trinajstić information content (AvgIpc) is 2.98. The molecule has 1 heterocycles. The highest BCUT2D eigenvalue weighted by molar-refractivity contribution is 7.09. The number of hydrogen-bond donors (Lipinski definition) is 2. The molecule has 24 heavy (non-hydrogen) atoms. The second kappa shape index (κ2) is 10.3. The standard InChI is InChI=1S/C18H25ClN4S/c1-3-20-18(22-12-10-17-13-24-14(2)23-17)21-11-4-5-15-6-8-16(19)9-7-15/h6-9,13H,3-5,10-12H2,1-2H3,(H2,20,21,22). The van der Waals surface area contributed by atoms with Crippen LogP contribution in [0.5, 0.6) is 0 Å². The van der Waals surface area contributed by atoms with Crippen LogP contribution >= 0.6 is 22.9 Å². The maximum Gasteiger partial charge on any atom is 0.191 e. The molecule has 2 aromatic rings. The molecule has 0 saturated carbocycles. The predicted octanol–water partition coefficient (Wildman–Crippen LogP) is 3.84. The van der Waals surface area contributed by atoms with Gasteiger partial charge < -0.3 is 10.6 Å². The van der Waals surface area contributed by atoms with E-state index in [1.54, 1.807) is 11.3 Å². The number of guanidine groups is 1. The summed E-state index contributed by atoms with van der Waals surface area (Å²) < 4.78 is 0. The van der Waals surface area contributed by atoms with E-state index in [-0.39, 0.29) is 0 Å². The zero-order chi connectivity index (χ0) is 17.2. The minimum atomic E-state index is 0.783. The quantitative estimate of drug-likeness (QED) is 0.425. The van der Waals surface area contributed by atoms with Gasteiger partial charge in [0.15, 0.2) is 5.96 Å². The molecule has 4 nitrogen and oxygen atoms in total. The van der Waals surface area contributed by atoms with Crippen LogP contribution in [0.2, 0.25) is 5.02 Å². The Kier molecular flexibility index (Phi) is 8.05. The molecule has 0 atom stereocenters. The Labute approximate surface area is 153 Å². The molecule has 0 bridgehead atoms. The second-order valence-corrected chi connectivity index (χ2v) is 7.02. The highest BCUT2D eigenvalue weighted by Crippen LogP contribution is 2.11. The van der Waals surface area contributed by atoms with Gasteiger partial charge in [0.2, 0.25) is 0 Å². The van der Waals surface area contributed by atoms with Crippen molar-refractivity contribution >= 4 is 28.9 Å². The minimum absolute atomic E-state index is 0.783. The van der Waals surface area contributed by atoms with Crippen LogP contribution in [0.4, 0.5) is 0 Å². The largest absolute Gasteiger partial charge is 0.357 e. The molecular weight excluding hydrogens is 340 g/mol. The zero-order valence-corrected chi connectivity index (χ0v) is 15.9. The number of nitrogens with one attached hydrogen (secondary N) is 2. The summed E-state index contributed by atoms with van der Waals surface area (Å²) in [5.74, 6) is 0.876. The van der Waals surface area contributed by atoms with Gasteiger partial charge in [-0.05, 0) is 44.4 Å². The van der Waals surface area contributed by atoms with Crippen molar-refractivity contribution in [3.63, 3.8) is 0 Å². The maximum absolute atomic E-state index is 5.90. The number of benzene rings is 1. The molecule has 2 N–H and O–H groups in total. The number of aliphatic imine (C=N–C) groups is 1. The lowest BCUT2D eigenvalue weighted by Crippen LogP contribution is -2.38. The molecular formula is C18H25ClN4S. The van der Waals surface area contributed by atoms with Crippen molar-refractivity contribution in [2.75, 3.05) is 19.6 Å². The molecule has 0 aliphatic heterocycles. The van der Waals surface area contributed by atoms with Gasteiger partial charge in [-0.15, -0.1) is 11.3 Å². The first-order valence-corrected chi connectivity index (χ1v) is 9.60. The van der Waals surface area contributed by atoms with Crippen LogP contribution in [0.3, 0.4) is 0 Å². The van der Waals surface area contributed by atoms with Crippen molar-refractivity contribution < 1.29 is 0 Å². The summed E-state index contributed by atoms with van der Waals surface area (Å²) in [6.07, 6.45) is 2.95. The van der Waals surface area contributed by atoms with Crippen molar-refractivity contribution in [1.29, 1.82) is 0 Å². The van der Waals surface area contributed by atoms with E-state index in [9.17, 15) is 0 Å². The zero-order valence-electron chi connectivity index (χ0n) is 14.3. The van der Waals surface area contributed by atoms with Crippen LogP contribution in [0.1, 0.15) is 29.6 Å². The Morgan fingerprint density at radius 2 is 2.00 bits per heavy atom. The monoisotopic (exact) mass is 364 g/mol. The van der Waals surface area contributed by atoms with Crippen LogP contribution in [-0.2, 0) is 12.8 Å². The Hall–Kier alpha value is -1.59. The fourth-order valence-corrected chi connectivity index (χ4v) is 3.07. The van der Waals surface area contributed by atoms with Gasteiger partial charge in [-0.25, -0.2) is 4.98 Å². The first-order chi connectivity index (χ1) is 11.7. The number of halogens is 1. The first-order valence-electron chi connectivity index (χ1n) is 8.35. The summed E-state index contributed by atoms with van der Waals surface area (Å²) in [6.45, 7) is 6.61. The predicted molar refractivity (Wildman–Crippen MR) is 104 cm³/mol. The fourth-order valence-electron chi connectivity index (χ4n) is 2.30. The first kappa shape index (κ1) is 18.7. The van der Waals surface area contributed by atoms with Crippen LogP contribution in [-0.4, -0.2) is 30.6 Å². The Morgan fingerprint density at radius 3 is 2.67 bits per heavy atom. The van der Waals surface area contributed by atoms with Gasteiger partial charge in [0, 0.05) is 36.5 Å². The van der Waals surface area contributed by atoms with Crippen molar-refractivity contribution in [3.8, 4) is 0 Å². The summed E-state index contributed by atoms with van der Waals surface area (Å²) >= 11 is 7.60. The molecule has 1 aromatic carbocycles. The van der Waals surface area contributed by atoms with E-state index in [1.165, 1.54) is 5.56 Å². The molecule has 0 amide bonds. The average molecular weight is 365 g/mol. The topological polar surface area (TPSA) is 49.3 Å². The molecule has 0 fully saturated rings. The van der Waals surface area contributed by atoms with Crippen molar-refractivity contribution in [3.05, 3.63) is 50.9 Å². The number of aromatic nitrogens is 1. The van der Waals surface area contributed by atoms with Gasteiger partial charge in [0.25, 0.3) is 0 Å². The normalized spacial score (nSPS) is 11.5. The Morgan fingerprint density at radius 1 is 1.21 bits per heavy atom. The van der Waals surface area contributed by atoms with Crippen LogP contribution < -0.4 is 10.6 Å².